The van der Waals surface area contributed by atoms with Crippen molar-refractivity contribution in [2.75, 3.05) is 31.6 Å². The summed E-state index contributed by atoms with van der Waals surface area (Å²) >= 11 is 3.63. The molecule has 5 heterocycles. The number of rotatable bonds is 0. The Labute approximate surface area is 227 Å². The maximum Gasteiger partial charge on any atom is 0.259 e. The van der Waals surface area contributed by atoms with Gasteiger partial charge in [-0.3, -0.25) is 19.8 Å². The average Bonchev–Trinajstić information content (AvgIpc) is 3.53. The van der Waals surface area contributed by atoms with Gasteiger partial charge in [0.1, 0.15) is 6.61 Å². The van der Waals surface area contributed by atoms with Gasteiger partial charge < -0.3 is 13.9 Å². The number of piperidine rings is 1. The molecule has 10 nitrogen and oxygen atoms in total. The summed E-state index contributed by atoms with van der Waals surface area (Å²) in [5.41, 5.74) is 2.72. The molecule has 1 spiro atoms. The number of carbonyl (C=O) groups excluding carboxylic acids is 1. The molecule has 1 saturated heterocycles. The third-order valence-corrected chi connectivity index (χ3v) is 8.80. The normalized spacial score (nSPS) is 24.7. The van der Waals surface area contributed by atoms with E-state index in [2.05, 4.69) is 41.9 Å². The molecule has 4 aromatic rings. The number of hydrogen-bond donors (Lipinski definition) is 1. The van der Waals surface area contributed by atoms with Crippen molar-refractivity contribution in [2.45, 2.75) is 24.8 Å². The molecular weight excluding hydrogens is 550 g/mol. The molecule has 11 heteroatoms. The van der Waals surface area contributed by atoms with E-state index in [1.807, 2.05) is 12.1 Å². The number of ether oxygens (including phenoxy) is 1. The van der Waals surface area contributed by atoms with Gasteiger partial charge in [0.2, 0.25) is 11.8 Å². The number of anilines is 1. The van der Waals surface area contributed by atoms with Gasteiger partial charge in [-0.05, 0) is 49.4 Å². The molecule has 3 unspecified atom stereocenters. The fourth-order valence-electron chi connectivity index (χ4n) is 6.67. The van der Waals surface area contributed by atoms with Gasteiger partial charge in [0, 0.05) is 44.4 Å². The summed E-state index contributed by atoms with van der Waals surface area (Å²) in [6.45, 7) is 3.08. The molecule has 2 aliphatic heterocycles. The number of aryl methyl sites for hydroxylation is 2. The van der Waals surface area contributed by atoms with Gasteiger partial charge in [-0.1, -0.05) is 15.9 Å². The van der Waals surface area contributed by atoms with Crippen molar-refractivity contribution in [3.63, 3.8) is 0 Å². The number of halogens is 1. The molecule has 3 aliphatic rings. The molecule has 0 radical (unpaired) electrons. The highest BCUT2D eigenvalue weighted by atomic mass is 79.9. The fraction of sp³-hybridized carbons (Fsp3) is 0.407. The maximum absolute atomic E-state index is 13.7. The van der Waals surface area contributed by atoms with Gasteiger partial charge >= 0.3 is 0 Å². The van der Waals surface area contributed by atoms with Crippen LogP contribution in [0.1, 0.15) is 29.6 Å². The molecule has 3 atom stereocenters. The van der Waals surface area contributed by atoms with Gasteiger partial charge in [-0.2, -0.15) is 5.10 Å². The van der Waals surface area contributed by atoms with E-state index in [-0.39, 0.29) is 17.0 Å². The summed E-state index contributed by atoms with van der Waals surface area (Å²) in [6, 6.07) is 7.66. The standard InChI is InChI=1S/C27H28BrN7O3/c1-32-14-17-9-19(24(32)37)20-12-29-33(2)25(20)38-8-7-34-13-16-5-6-27(11-16,15-34)35-22-10-18(28)3-4-21(22)30-26(35)31-23(17)36/h3-4,9-10,12,14,16H,5-8,11,13,15H2,1-2H3,(H,30,31,36). The van der Waals surface area contributed by atoms with Crippen LogP contribution in [0.15, 0.2) is 45.9 Å². The van der Waals surface area contributed by atoms with Crippen LogP contribution in [-0.2, 0) is 19.6 Å². The van der Waals surface area contributed by atoms with Gasteiger partial charge in [0.15, 0.2) is 0 Å². The van der Waals surface area contributed by atoms with E-state index in [1.165, 1.54) is 4.57 Å². The van der Waals surface area contributed by atoms with E-state index in [4.69, 9.17) is 9.72 Å². The number of imidazole rings is 1. The predicted molar refractivity (Wildman–Crippen MR) is 147 cm³/mol. The van der Waals surface area contributed by atoms with Gasteiger partial charge in [-0.15, -0.1) is 0 Å². The number of benzene rings is 1. The van der Waals surface area contributed by atoms with Crippen LogP contribution in [0.2, 0.25) is 0 Å². The van der Waals surface area contributed by atoms with Crippen LogP contribution < -0.4 is 15.6 Å². The highest BCUT2D eigenvalue weighted by Gasteiger charge is 2.48. The van der Waals surface area contributed by atoms with Crippen LogP contribution in [0, 0.1) is 5.92 Å². The smallest absolute Gasteiger partial charge is 0.259 e. The Hall–Kier alpha value is -3.44. The van der Waals surface area contributed by atoms with Crippen LogP contribution >= 0.6 is 15.9 Å². The molecule has 3 aromatic heterocycles. The number of carbonyl (C=O) groups is 1. The minimum atomic E-state index is -0.322. The molecule has 5 bridgehead atoms. The average molecular weight is 578 g/mol. The topological polar surface area (TPSA) is 99.2 Å². The molecular formula is C27H28BrN7O3. The van der Waals surface area contributed by atoms with Crippen LogP contribution in [-0.4, -0.2) is 60.9 Å². The van der Waals surface area contributed by atoms with E-state index < -0.39 is 0 Å². The Morgan fingerprint density at radius 2 is 2.05 bits per heavy atom. The van der Waals surface area contributed by atoms with Crippen molar-refractivity contribution in [1.82, 2.24) is 28.8 Å². The summed E-state index contributed by atoms with van der Waals surface area (Å²) in [7, 11) is 3.45. The van der Waals surface area contributed by atoms with Crippen LogP contribution in [0.3, 0.4) is 0 Å². The molecule has 38 heavy (non-hydrogen) atoms. The van der Waals surface area contributed by atoms with Crippen molar-refractivity contribution < 1.29 is 9.53 Å². The zero-order valence-corrected chi connectivity index (χ0v) is 22.9. The van der Waals surface area contributed by atoms with Crippen LogP contribution in [0.25, 0.3) is 22.2 Å². The number of hydrogen-bond acceptors (Lipinski definition) is 6. The van der Waals surface area contributed by atoms with Crippen LogP contribution in [0.5, 0.6) is 5.88 Å². The van der Waals surface area contributed by atoms with Crippen LogP contribution in [0.4, 0.5) is 5.95 Å². The van der Waals surface area contributed by atoms with Crippen molar-refractivity contribution in [3.8, 4) is 17.0 Å². The van der Waals surface area contributed by atoms with E-state index >= 15 is 0 Å². The summed E-state index contributed by atoms with van der Waals surface area (Å²) < 4.78 is 12.6. The number of fused-ring (bicyclic) bond motifs is 9. The van der Waals surface area contributed by atoms with Gasteiger partial charge in [0.25, 0.3) is 11.5 Å². The Morgan fingerprint density at radius 1 is 1.18 bits per heavy atom. The second-order valence-electron chi connectivity index (χ2n) is 10.8. The molecule has 2 fully saturated rings. The Morgan fingerprint density at radius 3 is 2.92 bits per heavy atom. The number of pyridine rings is 1. The highest BCUT2D eigenvalue weighted by molar-refractivity contribution is 9.10. The number of aromatic nitrogens is 5. The summed E-state index contributed by atoms with van der Waals surface area (Å²) in [6.07, 6.45) is 6.38. The maximum atomic E-state index is 13.7. The third-order valence-electron chi connectivity index (χ3n) is 8.30. The van der Waals surface area contributed by atoms with Gasteiger partial charge in [-0.25, -0.2) is 9.67 Å². The first-order chi connectivity index (χ1) is 18.3. The molecule has 7 rings (SSSR count). The van der Waals surface area contributed by atoms with Crippen molar-refractivity contribution in [3.05, 3.63) is 57.0 Å². The molecule has 196 valence electrons. The number of amides is 1. The molecule has 1 aliphatic carbocycles. The van der Waals surface area contributed by atoms with E-state index in [1.54, 1.807) is 37.2 Å². The lowest BCUT2D eigenvalue weighted by atomic mass is 9.90. The van der Waals surface area contributed by atoms with E-state index in [9.17, 15) is 9.59 Å². The second kappa shape index (κ2) is 8.54. The minimum Gasteiger partial charge on any atom is -0.476 e. The zero-order valence-electron chi connectivity index (χ0n) is 21.3. The fourth-order valence-corrected chi connectivity index (χ4v) is 7.02. The second-order valence-corrected chi connectivity index (χ2v) is 11.7. The minimum absolute atomic E-state index is 0.187. The SMILES string of the molecule is Cn1ncc2c1OCCN1CC3CCC(C3)(C1)n1c(nc3ccc(Br)cc31)NC(=O)c1cc-2c(=O)n(C)c1. The highest BCUT2D eigenvalue weighted by Crippen LogP contribution is 2.48. The van der Waals surface area contributed by atoms with Crippen molar-refractivity contribution in [2.24, 2.45) is 20.0 Å². The van der Waals surface area contributed by atoms with Gasteiger partial charge in [0.05, 0.1) is 39.5 Å². The van der Waals surface area contributed by atoms with Crippen molar-refractivity contribution >= 4 is 38.8 Å². The summed E-state index contributed by atoms with van der Waals surface area (Å²) in [4.78, 5) is 34.2. The first-order valence-corrected chi connectivity index (χ1v) is 13.7. The molecule has 1 aromatic carbocycles. The Bertz CT molecular complexity index is 1670. The predicted octanol–water partition coefficient (Wildman–Crippen LogP) is 3.35. The quantitative estimate of drug-likeness (QED) is 0.344. The zero-order chi connectivity index (χ0) is 26.2. The lowest BCUT2D eigenvalue weighted by Crippen LogP contribution is -2.50. The lowest BCUT2D eigenvalue weighted by Gasteiger charge is -2.42. The Balaban J connectivity index is 1.44. The van der Waals surface area contributed by atoms with E-state index in [0.717, 1.165) is 54.4 Å². The summed E-state index contributed by atoms with van der Waals surface area (Å²) in [5, 5.41) is 7.47. The Kier molecular flexibility index (Phi) is 5.31. The summed E-state index contributed by atoms with van der Waals surface area (Å²) in [5.74, 6) is 1.30. The number of nitrogens with one attached hydrogen (secondary N) is 1. The third kappa shape index (κ3) is 3.63. The molecule has 1 amide bonds. The lowest BCUT2D eigenvalue weighted by molar-refractivity contribution is 0.0902. The largest absolute Gasteiger partial charge is 0.476 e. The number of nitrogens with zero attached hydrogens (tertiary/aromatic N) is 6. The first-order valence-electron chi connectivity index (χ1n) is 12.9. The van der Waals surface area contributed by atoms with E-state index in [0.29, 0.717) is 41.0 Å². The monoisotopic (exact) mass is 577 g/mol. The molecule has 1 N–H and O–H groups in total. The van der Waals surface area contributed by atoms with Crippen molar-refractivity contribution in [1.29, 1.82) is 0 Å². The molecule has 1 saturated carbocycles. The first kappa shape index (κ1) is 23.7.